The second-order valence-electron chi connectivity index (χ2n) is 8.93. The molecule has 2 saturated heterocycles. The number of halogens is 1. The molecule has 9 heteroatoms. The number of rotatable bonds is 5. The van der Waals surface area contributed by atoms with Crippen molar-refractivity contribution < 1.29 is 4.79 Å². The molecule has 0 unspecified atom stereocenters. The van der Waals surface area contributed by atoms with Crippen LogP contribution in [0.2, 0.25) is 5.15 Å². The van der Waals surface area contributed by atoms with Gasteiger partial charge in [0.15, 0.2) is 0 Å². The van der Waals surface area contributed by atoms with Crippen molar-refractivity contribution in [3.8, 4) is 0 Å². The maximum Gasteiger partial charge on any atom is 0.259 e. The lowest BCUT2D eigenvalue weighted by atomic mass is 9.95. The molecule has 32 heavy (non-hydrogen) atoms. The molecule has 3 aliphatic rings. The predicted octanol–water partition coefficient (Wildman–Crippen LogP) is 3.30. The van der Waals surface area contributed by atoms with E-state index in [1.165, 1.54) is 0 Å². The van der Waals surface area contributed by atoms with Crippen LogP contribution >= 0.6 is 11.6 Å². The molecular formula is C23H30ClN7O. The molecule has 0 bridgehead atoms. The Kier molecular flexibility index (Phi) is 6.04. The minimum absolute atomic E-state index is 0.0702. The first kappa shape index (κ1) is 21.2. The summed E-state index contributed by atoms with van der Waals surface area (Å²) in [5.41, 5.74) is 1.76. The smallest absolute Gasteiger partial charge is 0.259 e. The highest BCUT2D eigenvalue weighted by molar-refractivity contribution is 6.29. The molecule has 3 aliphatic heterocycles. The zero-order chi connectivity index (χ0) is 22.1. The number of carbonyl (C=O) groups is 1. The van der Waals surface area contributed by atoms with Crippen molar-refractivity contribution >= 4 is 35.0 Å². The zero-order valence-electron chi connectivity index (χ0n) is 18.5. The minimum atomic E-state index is 0.0702. The summed E-state index contributed by atoms with van der Waals surface area (Å²) in [5.74, 6) is 1.96. The van der Waals surface area contributed by atoms with Gasteiger partial charge in [0.1, 0.15) is 16.5 Å². The van der Waals surface area contributed by atoms with Crippen molar-refractivity contribution in [1.29, 1.82) is 0 Å². The first-order valence-electron chi connectivity index (χ1n) is 11.7. The van der Waals surface area contributed by atoms with Gasteiger partial charge in [0.05, 0.1) is 0 Å². The molecular weight excluding hydrogens is 426 g/mol. The summed E-state index contributed by atoms with van der Waals surface area (Å²) in [6.07, 6.45) is 7.83. The highest BCUT2D eigenvalue weighted by Crippen LogP contribution is 2.33. The highest BCUT2D eigenvalue weighted by atomic mass is 35.5. The average molecular weight is 456 g/mol. The van der Waals surface area contributed by atoms with Crippen LogP contribution in [0.15, 0.2) is 24.5 Å². The van der Waals surface area contributed by atoms with E-state index in [4.69, 9.17) is 16.6 Å². The van der Waals surface area contributed by atoms with Gasteiger partial charge in [-0.25, -0.2) is 9.97 Å². The van der Waals surface area contributed by atoms with Gasteiger partial charge in [-0.05, 0) is 50.7 Å². The molecule has 8 nitrogen and oxygen atoms in total. The van der Waals surface area contributed by atoms with Gasteiger partial charge in [0.25, 0.3) is 5.91 Å². The monoisotopic (exact) mass is 455 g/mol. The third-order valence-corrected chi connectivity index (χ3v) is 7.08. The van der Waals surface area contributed by atoms with Gasteiger partial charge in [-0.2, -0.15) is 4.98 Å². The number of hydrogen-bond acceptors (Lipinski definition) is 7. The van der Waals surface area contributed by atoms with Gasteiger partial charge in [-0.3, -0.25) is 4.79 Å². The number of carbonyl (C=O) groups excluding carboxylic acids is 1. The van der Waals surface area contributed by atoms with Crippen molar-refractivity contribution in [2.75, 3.05) is 54.4 Å². The van der Waals surface area contributed by atoms with Crippen LogP contribution in [0.1, 0.15) is 43.0 Å². The van der Waals surface area contributed by atoms with Crippen molar-refractivity contribution in [3.63, 3.8) is 0 Å². The molecule has 2 fully saturated rings. The first-order chi connectivity index (χ1) is 15.6. The molecule has 0 spiro atoms. The molecule has 170 valence electrons. The summed E-state index contributed by atoms with van der Waals surface area (Å²) in [6, 6.07) is 4.27. The molecule has 1 N–H and O–H groups in total. The number of piperidine rings is 1. The Morgan fingerprint density at radius 3 is 2.81 bits per heavy atom. The summed E-state index contributed by atoms with van der Waals surface area (Å²) < 4.78 is 0. The van der Waals surface area contributed by atoms with E-state index in [9.17, 15) is 4.79 Å². The molecule has 0 radical (unpaired) electrons. The number of anilines is 3. The van der Waals surface area contributed by atoms with Gasteiger partial charge in [0.2, 0.25) is 5.95 Å². The molecule has 0 aliphatic carbocycles. The highest BCUT2D eigenvalue weighted by Gasteiger charge is 2.37. The molecule has 1 atom stereocenters. The van der Waals surface area contributed by atoms with Gasteiger partial charge in [0, 0.05) is 63.4 Å². The number of pyridine rings is 1. The quantitative estimate of drug-likeness (QED) is 0.693. The number of aromatic nitrogens is 3. The van der Waals surface area contributed by atoms with Gasteiger partial charge in [-0.15, -0.1) is 0 Å². The van der Waals surface area contributed by atoms with Crippen LogP contribution in [0.5, 0.6) is 0 Å². The lowest BCUT2D eigenvalue weighted by Crippen LogP contribution is -2.44. The summed E-state index contributed by atoms with van der Waals surface area (Å²) in [5, 5.41) is 3.71. The Hall–Kier alpha value is -2.61. The maximum atomic E-state index is 13.5. The molecule has 2 aromatic heterocycles. The van der Waals surface area contributed by atoms with E-state index in [0.29, 0.717) is 28.6 Å². The number of hydrogen-bond donors (Lipinski definition) is 1. The zero-order valence-corrected chi connectivity index (χ0v) is 19.3. The number of nitrogens with zero attached hydrogens (tertiary/aromatic N) is 6. The Bertz CT molecular complexity index is 979. The van der Waals surface area contributed by atoms with E-state index in [-0.39, 0.29) is 5.91 Å². The number of nitrogens with one attached hydrogen (secondary N) is 1. The standard InChI is InChI=1S/C23H30ClN7O/c1-2-25-23-27-13-19-21(28-23)31-9-3-4-18(31)15-30(22(19)32)14-16-6-10-29(11-7-16)17-5-8-26-20(24)12-17/h5,8,12-13,16,18H,2-4,6-7,9-11,14-15H2,1H3,(H,25,27,28)/t18-/m0/s1. The van der Waals surface area contributed by atoms with E-state index in [1.807, 2.05) is 19.1 Å². The lowest BCUT2D eigenvalue weighted by Gasteiger charge is -2.36. The summed E-state index contributed by atoms with van der Waals surface area (Å²) in [7, 11) is 0. The molecule has 1 amide bonds. The molecule has 5 heterocycles. The fourth-order valence-corrected chi connectivity index (χ4v) is 5.40. The van der Waals surface area contributed by atoms with Crippen LogP contribution in [-0.4, -0.2) is 71.1 Å². The van der Waals surface area contributed by atoms with Crippen molar-refractivity contribution in [2.45, 2.75) is 38.6 Å². The Labute approximate surface area is 194 Å². The lowest BCUT2D eigenvalue weighted by molar-refractivity contribution is 0.0716. The fraction of sp³-hybridized carbons (Fsp3) is 0.565. The fourth-order valence-electron chi connectivity index (χ4n) is 5.23. The molecule has 2 aromatic rings. The number of fused-ring (bicyclic) bond motifs is 3. The third-order valence-electron chi connectivity index (χ3n) is 6.87. The average Bonchev–Trinajstić information content (AvgIpc) is 3.23. The van der Waals surface area contributed by atoms with Gasteiger partial charge >= 0.3 is 0 Å². The summed E-state index contributed by atoms with van der Waals surface area (Å²) in [4.78, 5) is 33.5. The Morgan fingerprint density at radius 2 is 2.03 bits per heavy atom. The predicted molar refractivity (Wildman–Crippen MR) is 127 cm³/mol. The second kappa shape index (κ2) is 9.10. The molecule has 0 aromatic carbocycles. The van der Waals surface area contributed by atoms with Crippen LogP contribution in [0, 0.1) is 5.92 Å². The van der Waals surface area contributed by atoms with Crippen LogP contribution in [-0.2, 0) is 0 Å². The van der Waals surface area contributed by atoms with Crippen LogP contribution in [0.25, 0.3) is 0 Å². The normalized spacial score (nSPS) is 21.4. The third kappa shape index (κ3) is 4.20. The van der Waals surface area contributed by atoms with E-state index in [0.717, 1.165) is 76.5 Å². The van der Waals surface area contributed by atoms with E-state index in [1.54, 1.807) is 12.4 Å². The summed E-state index contributed by atoms with van der Waals surface area (Å²) in [6.45, 7) is 7.23. The largest absolute Gasteiger partial charge is 0.371 e. The van der Waals surface area contributed by atoms with E-state index >= 15 is 0 Å². The topological polar surface area (TPSA) is 77.5 Å². The SMILES string of the molecule is CCNc1ncc2c(n1)N1CCC[C@H]1CN(CC1CCN(c3ccnc(Cl)c3)CC1)C2=O. The van der Waals surface area contributed by atoms with Crippen LogP contribution < -0.4 is 15.1 Å². The van der Waals surface area contributed by atoms with E-state index in [2.05, 4.69) is 30.0 Å². The summed E-state index contributed by atoms with van der Waals surface area (Å²) >= 11 is 6.07. The van der Waals surface area contributed by atoms with E-state index < -0.39 is 0 Å². The maximum absolute atomic E-state index is 13.5. The Morgan fingerprint density at radius 1 is 1.19 bits per heavy atom. The minimum Gasteiger partial charge on any atom is -0.371 e. The second-order valence-corrected chi connectivity index (χ2v) is 9.32. The van der Waals surface area contributed by atoms with Crippen molar-refractivity contribution in [1.82, 2.24) is 19.9 Å². The number of amides is 1. The van der Waals surface area contributed by atoms with Crippen LogP contribution in [0.4, 0.5) is 17.5 Å². The Balaban J connectivity index is 1.30. The van der Waals surface area contributed by atoms with Gasteiger partial charge < -0.3 is 20.0 Å². The van der Waals surface area contributed by atoms with Crippen molar-refractivity contribution in [2.24, 2.45) is 5.92 Å². The first-order valence-corrected chi connectivity index (χ1v) is 12.0. The molecule has 0 saturated carbocycles. The molecule has 5 rings (SSSR count). The van der Waals surface area contributed by atoms with Gasteiger partial charge in [-0.1, -0.05) is 11.6 Å². The van der Waals surface area contributed by atoms with Crippen molar-refractivity contribution in [3.05, 3.63) is 35.2 Å². The van der Waals surface area contributed by atoms with Crippen LogP contribution in [0.3, 0.4) is 0 Å².